The molecule has 104 valence electrons. The van der Waals surface area contributed by atoms with E-state index in [9.17, 15) is 4.79 Å². The molecule has 1 N–H and O–H groups in total. The summed E-state index contributed by atoms with van der Waals surface area (Å²) < 4.78 is 1.84. The second-order valence-electron chi connectivity index (χ2n) is 6.18. The number of nitrogens with zero attached hydrogens (tertiary/aromatic N) is 2. The Hall–Kier alpha value is -1.55. The summed E-state index contributed by atoms with van der Waals surface area (Å²) in [5.41, 5.74) is 1.54. The molecule has 0 radical (unpaired) electrons. The SMILES string of the molecule is Cn1c(C(=O)NC23CCC(C2)C3)cc2ccnc(Cl)c21. The first-order chi connectivity index (χ1) is 9.58. The molecule has 5 heteroatoms. The van der Waals surface area contributed by atoms with Crippen molar-refractivity contribution >= 4 is 28.4 Å². The van der Waals surface area contributed by atoms with Gasteiger partial charge in [-0.1, -0.05) is 11.6 Å². The molecule has 3 aliphatic carbocycles. The Bertz CT molecular complexity index is 710. The number of halogens is 1. The zero-order valence-electron chi connectivity index (χ0n) is 11.3. The lowest BCUT2D eigenvalue weighted by Gasteiger charge is -2.39. The molecule has 1 amide bonds. The van der Waals surface area contributed by atoms with Gasteiger partial charge in [-0.2, -0.15) is 0 Å². The number of fused-ring (bicyclic) bond motifs is 2. The highest BCUT2D eigenvalue weighted by Gasteiger charge is 2.51. The van der Waals surface area contributed by atoms with Crippen LogP contribution in [0.4, 0.5) is 0 Å². The van der Waals surface area contributed by atoms with Gasteiger partial charge in [-0.15, -0.1) is 0 Å². The number of hydrogen-bond donors (Lipinski definition) is 1. The monoisotopic (exact) mass is 289 g/mol. The average molecular weight is 290 g/mol. The van der Waals surface area contributed by atoms with Crippen LogP contribution in [0.25, 0.3) is 10.9 Å². The van der Waals surface area contributed by atoms with E-state index >= 15 is 0 Å². The highest BCUT2D eigenvalue weighted by molar-refractivity contribution is 6.34. The smallest absolute Gasteiger partial charge is 0.268 e. The lowest BCUT2D eigenvalue weighted by atomic mass is 9.77. The second kappa shape index (κ2) is 3.98. The number of pyridine rings is 1. The van der Waals surface area contributed by atoms with E-state index in [4.69, 9.17) is 11.6 Å². The van der Waals surface area contributed by atoms with Gasteiger partial charge in [0.2, 0.25) is 0 Å². The molecule has 0 aromatic carbocycles. The minimum Gasteiger partial charge on any atom is -0.345 e. The zero-order chi connectivity index (χ0) is 13.9. The van der Waals surface area contributed by atoms with Crippen LogP contribution in [-0.4, -0.2) is 21.0 Å². The van der Waals surface area contributed by atoms with Crippen molar-refractivity contribution in [2.45, 2.75) is 31.2 Å². The Labute approximate surface area is 122 Å². The molecule has 2 heterocycles. The maximum Gasteiger partial charge on any atom is 0.268 e. The van der Waals surface area contributed by atoms with Crippen molar-refractivity contribution in [3.63, 3.8) is 0 Å². The van der Waals surface area contributed by atoms with E-state index in [0.717, 1.165) is 36.1 Å². The predicted octanol–water partition coefficient (Wildman–Crippen LogP) is 2.90. The van der Waals surface area contributed by atoms with Crippen LogP contribution in [0.1, 0.15) is 36.2 Å². The van der Waals surface area contributed by atoms with Crippen LogP contribution in [0, 0.1) is 5.92 Å². The van der Waals surface area contributed by atoms with Crippen molar-refractivity contribution in [1.82, 2.24) is 14.9 Å². The van der Waals surface area contributed by atoms with Gasteiger partial charge in [-0.25, -0.2) is 4.98 Å². The first kappa shape index (κ1) is 12.2. The van der Waals surface area contributed by atoms with Crippen molar-refractivity contribution in [3.8, 4) is 0 Å². The third kappa shape index (κ3) is 1.61. The first-order valence-corrected chi connectivity index (χ1v) is 7.38. The number of carbonyl (C=O) groups excluding carboxylic acids is 1. The van der Waals surface area contributed by atoms with Crippen LogP contribution in [0.15, 0.2) is 18.3 Å². The molecule has 2 aromatic heterocycles. The molecule has 3 fully saturated rings. The lowest BCUT2D eigenvalue weighted by molar-refractivity contribution is 0.0832. The summed E-state index contributed by atoms with van der Waals surface area (Å²) in [5.74, 6) is 0.835. The molecular weight excluding hydrogens is 274 g/mol. The van der Waals surface area contributed by atoms with Crippen LogP contribution < -0.4 is 5.32 Å². The topological polar surface area (TPSA) is 46.9 Å². The van der Waals surface area contributed by atoms with Crippen LogP contribution >= 0.6 is 11.6 Å². The van der Waals surface area contributed by atoms with Gasteiger partial charge in [-0.3, -0.25) is 4.79 Å². The van der Waals surface area contributed by atoms with E-state index in [0.29, 0.717) is 10.8 Å². The van der Waals surface area contributed by atoms with E-state index in [1.54, 1.807) is 6.20 Å². The van der Waals surface area contributed by atoms with Gasteiger partial charge in [0.25, 0.3) is 5.91 Å². The highest BCUT2D eigenvalue weighted by atomic mass is 35.5. The molecule has 2 aromatic rings. The number of nitrogens with one attached hydrogen (secondary N) is 1. The molecule has 3 aliphatic rings. The van der Waals surface area contributed by atoms with Crippen LogP contribution in [0.5, 0.6) is 0 Å². The first-order valence-electron chi connectivity index (χ1n) is 7.00. The third-order valence-electron chi connectivity index (χ3n) is 4.90. The molecule has 0 unspecified atom stereocenters. The molecule has 5 rings (SSSR count). The number of amides is 1. The number of aryl methyl sites for hydroxylation is 1. The number of aromatic nitrogens is 2. The van der Waals surface area contributed by atoms with Crippen LogP contribution in [-0.2, 0) is 7.05 Å². The molecule has 0 atom stereocenters. The summed E-state index contributed by atoms with van der Waals surface area (Å²) >= 11 is 6.12. The van der Waals surface area contributed by atoms with Crippen LogP contribution in [0.3, 0.4) is 0 Å². The minimum absolute atomic E-state index is 0.000108. The fourth-order valence-corrected chi connectivity index (χ4v) is 4.17. The van der Waals surface area contributed by atoms with Crippen molar-refractivity contribution in [3.05, 3.63) is 29.2 Å². The fourth-order valence-electron chi connectivity index (χ4n) is 3.88. The second-order valence-corrected chi connectivity index (χ2v) is 6.53. The van der Waals surface area contributed by atoms with E-state index in [2.05, 4.69) is 10.3 Å². The molecule has 2 bridgehead atoms. The summed E-state index contributed by atoms with van der Waals surface area (Å²) in [6.45, 7) is 0. The summed E-state index contributed by atoms with van der Waals surface area (Å²) in [4.78, 5) is 16.6. The van der Waals surface area contributed by atoms with Crippen molar-refractivity contribution in [1.29, 1.82) is 0 Å². The lowest BCUT2D eigenvalue weighted by Crippen LogP contribution is -2.52. The Morgan fingerprint density at radius 3 is 3.00 bits per heavy atom. The van der Waals surface area contributed by atoms with Crippen molar-refractivity contribution in [2.24, 2.45) is 13.0 Å². The summed E-state index contributed by atoms with van der Waals surface area (Å²) in [6.07, 6.45) is 6.33. The Morgan fingerprint density at radius 1 is 1.55 bits per heavy atom. The molecule has 4 nitrogen and oxygen atoms in total. The maximum absolute atomic E-state index is 12.5. The summed E-state index contributed by atoms with van der Waals surface area (Å²) in [5, 5.41) is 4.62. The average Bonchev–Trinajstić information content (AvgIpc) is 3.02. The Morgan fingerprint density at radius 2 is 2.35 bits per heavy atom. The predicted molar refractivity (Wildman–Crippen MR) is 77.9 cm³/mol. The molecule has 3 saturated carbocycles. The van der Waals surface area contributed by atoms with E-state index < -0.39 is 0 Å². The van der Waals surface area contributed by atoms with Crippen molar-refractivity contribution in [2.75, 3.05) is 0 Å². The molecule has 20 heavy (non-hydrogen) atoms. The Balaban J connectivity index is 1.69. The van der Waals surface area contributed by atoms with Crippen LogP contribution in [0.2, 0.25) is 5.15 Å². The van der Waals surface area contributed by atoms with Gasteiger partial charge >= 0.3 is 0 Å². The quantitative estimate of drug-likeness (QED) is 0.864. The van der Waals surface area contributed by atoms with Gasteiger partial charge in [-0.05, 0) is 43.7 Å². The van der Waals surface area contributed by atoms with E-state index in [1.807, 2.05) is 23.7 Å². The van der Waals surface area contributed by atoms with Gasteiger partial charge in [0, 0.05) is 24.2 Å². The van der Waals surface area contributed by atoms with Gasteiger partial charge in [0.1, 0.15) is 5.69 Å². The third-order valence-corrected chi connectivity index (χ3v) is 5.18. The zero-order valence-corrected chi connectivity index (χ0v) is 12.1. The van der Waals surface area contributed by atoms with Gasteiger partial charge in [0.15, 0.2) is 5.15 Å². The molecule has 0 saturated heterocycles. The largest absolute Gasteiger partial charge is 0.345 e. The standard InChI is InChI=1S/C15H16ClN3O/c1-19-11(6-10-3-5-17-13(16)12(10)19)14(20)18-15-4-2-9(7-15)8-15/h3,5-6,9H,2,4,7-8H2,1H3,(H,18,20). The maximum atomic E-state index is 12.5. The normalized spacial score (nSPS) is 27.6. The van der Waals surface area contributed by atoms with E-state index in [-0.39, 0.29) is 11.4 Å². The van der Waals surface area contributed by atoms with Crippen molar-refractivity contribution < 1.29 is 4.79 Å². The molecular formula is C15H16ClN3O. The molecule has 0 spiro atoms. The number of carbonyl (C=O) groups is 1. The summed E-state index contributed by atoms with van der Waals surface area (Å²) in [6, 6.07) is 3.77. The fraction of sp³-hybridized carbons (Fsp3) is 0.467. The van der Waals surface area contributed by atoms with E-state index in [1.165, 1.54) is 6.42 Å². The number of hydrogen-bond acceptors (Lipinski definition) is 2. The van der Waals surface area contributed by atoms with Gasteiger partial charge < -0.3 is 9.88 Å². The minimum atomic E-state index is 0.000108. The van der Waals surface area contributed by atoms with Gasteiger partial charge in [0.05, 0.1) is 5.52 Å². The Kier molecular flexibility index (Phi) is 2.43. The summed E-state index contributed by atoms with van der Waals surface area (Å²) in [7, 11) is 1.86. The molecule has 0 aliphatic heterocycles. The number of rotatable bonds is 2. The highest BCUT2D eigenvalue weighted by Crippen LogP contribution is 2.51.